The lowest BCUT2D eigenvalue weighted by Gasteiger charge is -2.34. The van der Waals surface area contributed by atoms with E-state index in [1.54, 1.807) is 0 Å². The molecule has 1 nitrogen and oxygen atoms in total. The Hall–Kier alpha value is 0.527. The van der Waals surface area contributed by atoms with Crippen molar-refractivity contribution >= 4 is 22.9 Å². The van der Waals surface area contributed by atoms with E-state index in [-0.39, 0.29) is 0 Å². The van der Waals surface area contributed by atoms with Crippen molar-refractivity contribution in [3.63, 3.8) is 0 Å². The van der Waals surface area contributed by atoms with Gasteiger partial charge in [0.05, 0.1) is 0 Å². The maximum atomic E-state index is 5.85. The van der Waals surface area contributed by atoms with Gasteiger partial charge in [-0.15, -0.1) is 0 Å². The second kappa shape index (κ2) is 5.30. The van der Waals surface area contributed by atoms with Crippen molar-refractivity contribution < 1.29 is 4.74 Å². The lowest BCUT2D eigenvalue weighted by atomic mass is 10.0. The molecule has 1 unspecified atom stereocenters. The number of hydrogen-bond donors (Lipinski definition) is 1. The van der Waals surface area contributed by atoms with Gasteiger partial charge in [-0.25, -0.2) is 0 Å². The van der Waals surface area contributed by atoms with E-state index < -0.39 is 0 Å². The maximum absolute atomic E-state index is 5.85. The Morgan fingerprint density at radius 1 is 1.33 bits per heavy atom. The van der Waals surface area contributed by atoms with Crippen LogP contribution >= 0.6 is 12.6 Å². The normalized spacial score (nSPS) is 30.8. The molecule has 0 bridgehead atoms. The van der Waals surface area contributed by atoms with Gasteiger partial charge < -0.3 is 4.74 Å². The molecule has 1 heterocycles. The fourth-order valence-electron chi connectivity index (χ4n) is 1.80. The van der Waals surface area contributed by atoms with Gasteiger partial charge in [-0.1, -0.05) is 6.42 Å². The number of thiol groups is 1. The van der Waals surface area contributed by atoms with Gasteiger partial charge in [0.25, 0.3) is 0 Å². The second-order valence-electron chi connectivity index (χ2n) is 3.94. The first-order chi connectivity index (χ1) is 5.77. The average molecular weight is 204 g/mol. The van der Waals surface area contributed by atoms with Crippen molar-refractivity contribution in [3.05, 3.63) is 0 Å². The Balaban J connectivity index is 2.17. The van der Waals surface area contributed by atoms with Gasteiger partial charge in [0.15, 0.2) is 0 Å². The number of unbranched alkanes of at least 4 members (excludes halogenated alkanes) is 1. The highest BCUT2D eigenvalue weighted by molar-refractivity contribution is 7.80. The van der Waals surface area contributed by atoms with Crippen LogP contribution in [-0.2, 0) is 4.74 Å². The van der Waals surface area contributed by atoms with Gasteiger partial charge in [0.1, 0.15) is 0 Å². The summed E-state index contributed by atoms with van der Waals surface area (Å²) in [6.45, 7) is 1.00. The Kier molecular flexibility index (Phi) is 4.68. The Labute approximate surface area is 84.1 Å². The van der Waals surface area contributed by atoms with E-state index in [1.807, 2.05) is 0 Å². The molecule has 3 heteroatoms. The molecule has 0 amide bonds. The zero-order valence-corrected chi connectivity index (χ0v) is 10.9. The summed E-state index contributed by atoms with van der Waals surface area (Å²) < 4.78 is 5.85. The van der Waals surface area contributed by atoms with Crippen LogP contribution in [0, 0.1) is 0 Å². The molecule has 12 heavy (non-hydrogen) atoms. The monoisotopic (exact) mass is 204 g/mol. The zero-order valence-electron chi connectivity index (χ0n) is 8.01. The van der Waals surface area contributed by atoms with Gasteiger partial charge >= 0.3 is 0 Å². The molecule has 0 aromatic carbocycles. The van der Waals surface area contributed by atoms with E-state index >= 15 is 0 Å². The van der Waals surface area contributed by atoms with E-state index in [0.717, 1.165) is 12.4 Å². The van der Waals surface area contributed by atoms with Crippen molar-refractivity contribution in [1.29, 1.82) is 0 Å². The highest BCUT2D eigenvalue weighted by atomic mass is 32.1. The molecule has 72 valence electrons. The van der Waals surface area contributed by atoms with E-state index in [9.17, 15) is 0 Å². The van der Waals surface area contributed by atoms with Crippen LogP contribution in [0.4, 0.5) is 0 Å². The molecule has 0 aromatic rings. The molecule has 1 saturated heterocycles. The van der Waals surface area contributed by atoms with E-state index in [0.29, 0.717) is 5.22 Å². The highest BCUT2D eigenvalue weighted by Gasteiger charge is 2.26. The van der Waals surface area contributed by atoms with Crippen molar-refractivity contribution in [2.75, 3.05) is 12.4 Å². The molecule has 1 rings (SSSR count). The van der Waals surface area contributed by atoms with Crippen LogP contribution in [0.3, 0.4) is 0 Å². The van der Waals surface area contributed by atoms with Gasteiger partial charge in [-0.3, -0.25) is 0 Å². The molecule has 0 spiro atoms. The van der Waals surface area contributed by atoms with Crippen LogP contribution < -0.4 is 0 Å². The minimum absolute atomic E-state index is 0.335. The largest absolute Gasteiger partial charge is 0.380 e. The number of hydrogen-bond acceptors (Lipinski definition) is 2. The van der Waals surface area contributed by atoms with Gasteiger partial charge in [-0.05, 0) is 37.9 Å². The smallest absolute Gasteiger partial charge is 0.0486 e. The molecular weight excluding hydrogens is 184 g/mol. The van der Waals surface area contributed by atoms with Crippen molar-refractivity contribution in [2.24, 2.45) is 0 Å². The predicted molar refractivity (Wildman–Crippen MR) is 60.2 cm³/mol. The molecular formula is C9H20OSSi. The van der Waals surface area contributed by atoms with Gasteiger partial charge in [-0.2, -0.15) is 12.6 Å². The Morgan fingerprint density at radius 3 is 2.75 bits per heavy atom. The Bertz CT molecular complexity index is 124. The molecule has 0 radical (unpaired) electrons. The van der Waals surface area contributed by atoms with Crippen LogP contribution in [0.25, 0.3) is 0 Å². The summed E-state index contributed by atoms with van der Waals surface area (Å²) in [6, 6.07) is 0. The third-order valence-corrected chi connectivity index (χ3v) is 4.27. The summed E-state index contributed by atoms with van der Waals surface area (Å²) in [5.41, 5.74) is 0. The number of rotatable bonds is 4. The molecule has 0 saturated carbocycles. The summed E-state index contributed by atoms with van der Waals surface area (Å²) in [5, 5.41) is 0.335. The fourth-order valence-corrected chi connectivity index (χ4v) is 2.93. The molecule has 0 N–H and O–H groups in total. The predicted octanol–water partition coefficient (Wildman–Crippen LogP) is 1.35. The zero-order chi connectivity index (χ0) is 8.86. The molecule has 1 atom stereocenters. The number of ether oxygens (including phenoxy) is 1. The maximum Gasteiger partial charge on any atom is 0.0486 e. The fraction of sp³-hybridized carbons (Fsp3) is 1.00. The third-order valence-electron chi connectivity index (χ3n) is 2.66. The second-order valence-corrected chi connectivity index (χ2v) is 6.21. The highest BCUT2D eigenvalue weighted by Crippen LogP contribution is 2.26. The van der Waals surface area contributed by atoms with Crippen LogP contribution in [0.15, 0.2) is 0 Å². The standard InChI is InChI=1S/C9H20OSSi/c11-8-4-2-6-9(12)5-1-3-7-10-9/h11H,1-8H2,12H3. The van der Waals surface area contributed by atoms with Crippen LogP contribution in [0.1, 0.15) is 38.5 Å². The summed E-state index contributed by atoms with van der Waals surface area (Å²) in [5.74, 6) is 1.03. The molecule has 1 aliphatic rings. The molecule has 1 aliphatic heterocycles. The van der Waals surface area contributed by atoms with Crippen LogP contribution in [-0.4, -0.2) is 27.8 Å². The summed E-state index contributed by atoms with van der Waals surface area (Å²) in [4.78, 5) is 0. The van der Waals surface area contributed by atoms with Crippen LogP contribution in [0.2, 0.25) is 0 Å². The SMILES string of the molecule is [SiH3]C1(CCCCS)CCCCO1. The van der Waals surface area contributed by atoms with Crippen molar-refractivity contribution in [2.45, 2.75) is 43.7 Å². The Morgan fingerprint density at radius 2 is 2.17 bits per heavy atom. The van der Waals surface area contributed by atoms with Crippen LogP contribution in [0.5, 0.6) is 0 Å². The van der Waals surface area contributed by atoms with Gasteiger partial charge in [0, 0.05) is 22.1 Å². The molecule has 1 fully saturated rings. The topological polar surface area (TPSA) is 9.23 Å². The lowest BCUT2D eigenvalue weighted by Crippen LogP contribution is -2.36. The van der Waals surface area contributed by atoms with E-state index in [4.69, 9.17) is 4.74 Å². The molecule has 0 aromatic heterocycles. The van der Waals surface area contributed by atoms with Crippen molar-refractivity contribution in [1.82, 2.24) is 0 Å². The molecule has 0 aliphatic carbocycles. The van der Waals surface area contributed by atoms with Crippen molar-refractivity contribution in [3.8, 4) is 0 Å². The summed E-state index contributed by atoms with van der Waals surface area (Å²) in [6.07, 6.45) is 7.79. The first-order valence-electron chi connectivity index (χ1n) is 5.02. The average Bonchev–Trinajstić information content (AvgIpc) is 2.06. The first kappa shape index (κ1) is 10.6. The third kappa shape index (κ3) is 3.50. The summed E-state index contributed by atoms with van der Waals surface area (Å²) >= 11 is 4.22. The summed E-state index contributed by atoms with van der Waals surface area (Å²) in [7, 11) is 1.20. The van der Waals surface area contributed by atoms with E-state index in [1.165, 1.54) is 48.8 Å². The van der Waals surface area contributed by atoms with Gasteiger partial charge in [0.2, 0.25) is 0 Å². The van der Waals surface area contributed by atoms with E-state index in [2.05, 4.69) is 12.6 Å². The minimum atomic E-state index is 0.335. The minimum Gasteiger partial charge on any atom is -0.380 e. The lowest BCUT2D eigenvalue weighted by molar-refractivity contribution is -0.0237. The first-order valence-corrected chi connectivity index (χ1v) is 6.65. The quantitative estimate of drug-likeness (QED) is 0.413.